The first-order valence-electron chi connectivity index (χ1n) is 9.05. The number of aromatic nitrogens is 5. The molecule has 0 aliphatic heterocycles. The molecule has 1 aromatic carbocycles. The number of halogens is 1. The van der Waals surface area contributed by atoms with E-state index < -0.39 is 9.84 Å². The molecule has 0 aliphatic rings. The van der Waals surface area contributed by atoms with Crippen LogP contribution >= 0.6 is 11.6 Å². The minimum atomic E-state index is -3.58. The number of hydrogen-bond donors (Lipinski definition) is 3. The standard InChI is InChI=1S/C19H18ClN7O3S/c1-10-4-7-15(25-24-10)22-16-9-13(17-18(23-16)26-27(2)19(17)28)21-12-6-5-11(20)8-14(12)31(3,29)30/h4-9H,1-3H3,(H3,21,22,23,25,26). The highest BCUT2D eigenvalue weighted by Gasteiger charge is 2.18. The van der Waals surface area contributed by atoms with Crippen LogP contribution in [0.4, 0.5) is 23.0 Å². The molecule has 3 N–H and O–H groups in total. The van der Waals surface area contributed by atoms with E-state index in [0.29, 0.717) is 23.0 Å². The van der Waals surface area contributed by atoms with Crippen molar-refractivity contribution in [3.8, 4) is 0 Å². The van der Waals surface area contributed by atoms with Gasteiger partial charge < -0.3 is 10.6 Å². The van der Waals surface area contributed by atoms with Gasteiger partial charge >= 0.3 is 0 Å². The van der Waals surface area contributed by atoms with E-state index in [2.05, 4.69) is 30.9 Å². The van der Waals surface area contributed by atoms with Crippen molar-refractivity contribution in [3.05, 3.63) is 57.5 Å². The number of sulfone groups is 1. The highest BCUT2D eigenvalue weighted by Crippen LogP contribution is 2.31. The van der Waals surface area contributed by atoms with E-state index >= 15 is 0 Å². The van der Waals surface area contributed by atoms with Gasteiger partial charge in [-0.15, -0.1) is 5.10 Å². The third-order valence-corrected chi connectivity index (χ3v) is 5.85. The Kier molecular flexibility index (Phi) is 5.15. The van der Waals surface area contributed by atoms with Gasteiger partial charge in [-0.2, -0.15) is 5.10 Å². The fourth-order valence-electron chi connectivity index (χ4n) is 3.03. The molecule has 0 spiro atoms. The third kappa shape index (κ3) is 4.23. The van der Waals surface area contributed by atoms with Crippen LogP contribution in [0.15, 0.2) is 46.1 Å². The Morgan fingerprint density at radius 1 is 1.03 bits per heavy atom. The molecule has 160 valence electrons. The SMILES string of the molecule is Cc1ccc(Nc2cc(Nc3ccc(Cl)cc3S(C)(=O)=O)c3c(=O)n(C)[nH]c3n2)nn1. The predicted molar refractivity (Wildman–Crippen MR) is 119 cm³/mol. The summed E-state index contributed by atoms with van der Waals surface area (Å²) in [4.78, 5) is 17.1. The number of fused-ring (bicyclic) bond motifs is 1. The Balaban J connectivity index is 1.85. The van der Waals surface area contributed by atoms with Crippen molar-refractivity contribution in [3.63, 3.8) is 0 Å². The highest BCUT2D eigenvalue weighted by molar-refractivity contribution is 7.90. The first-order valence-corrected chi connectivity index (χ1v) is 11.3. The van der Waals surface area contributed by atoms with Crippen molar-refractivity contribution in [2.75, 3.05) is 16.9 Å². The molecule has 0 fully saturated rings. The molecular formula is C19H18ClN7O3S. The summed E-state index contributed by atoms with van der Waals surface area (Å²) in [6.07, 6.45) is 1.09. The average Bonchev–Trinajstić information content (AvgIpc) is 2.98. The van der Waals surface area contributed by atoms with E-state index in [1.807, 2.05) is 6.92 Å². The number of H-pyrrole nitrogens is 1. The summed E-state index contributed by atoms with van der Waals surface area (Å²) in [6, 6.07) is 9.60. The number of anilines is 4. The van der Waals surface area contributed by atoms with Gasteiger partial charge in [0.25, 0.3) is 5.56 Å². The molecule has 3 heterocycles. The Bertz CT molecular complexity index is 1460. The van der Waals surface area contributed by atoms with Gasteiger partial charge in [0.15, 0.2) is 21.3 Å². The Labute approximate surface area is 182 Å². The largest absolute Gasteiger partial charge is 0.354 e. The minimum absolute atomic E-state index is 0.0104. The molecule has 12 heteroatoms. The van der Waals surface area contributed by atoms with Crippen LogP contribution in [-0.4, -0.2) is 39.6 Å². The van der Waals surface area contributed by atoms with Crippen LogP contribution in [0.2, 0.25) is 5.02 Å². The molecule has 0 amide bonds. The van der Waals surface area contributed by atoms with Gasteiger partial charge in [-0.1, -0.05) is 11.6 Å². The lowest BCUT2D eigenvalue weighted by Gasteiger charge is -2.13. The highest BCUT2D eigenvalue weighted by atomic mass is 35.5. The molecule has 0 radical (unpaired) electrons. The zero-order chi connectivity index (χ0) is 22.3. The maximum Gasteiger partial charge on any atom is 0.277 e. The van der Waals surface area contributed by atoms with Crippen LogP contribution in [0.3, 0.4) is 0 Å². The van der Waals surface area contributed by atoms with Crippen molar-refractivity contribution >= 4 is 55.5 Å². The second-order valence-corrected chi connectivity index (χ2v) is 9.40. The van der Waals surface area contributed by atoms with Gasteiger partial charge in [-0.25, -0.2) is 13.4 Å². The molecule has 0 saturated carbocycles. The van der Waals surface area contributed by atoms with E-state index in [-0.39, 0.29) is 26.6 Å². The molecular weight excluding hydrogens is 442 g/mol. The second-order valence-electron chi connectivity index (χ2n) is 6.98. The summed E-state index contributed by atoms with van der Waals surface area (Å²) >= 11 is 5.99. The summed E-state index contributed by atoms with van der Waals surface area (Å²) in [5, 5.41) is 17.6. The number of nitrogens with one attached hydrogen (secondary N) is 3. The normalized spacial score (nSPS) is 11.6. The van der Waals surface area contributed by atoms with Crippen molar-refractivity contribution in [2.24, 2.45) is 7.05 Å². The van der Waals surface area contributed by atoms with E-state index in [1.54, 1.807) is 37.4 Å². The van der Waals surface area contributed by atoms with Gasteiger partial charge in [-0.05, 0) is 37.3 Å². The van der Waals surface area contributed by atoms with Gasteiger partial charge in [0.05, 0.1) is 22.0 Å². The Morgan fingerprint density at radius 3 is 2.48 bits per heavy atom. The quantitative estimate of drug-likeness (QED) is 0.414. The maximum absolute atomic E-state index is 12.7. The molecule has 0 saturated heterocycles. The van der Waals surface area contributed by atoms with Crippen LogP contribution in [0, 0.1) is 6.92 Å². The predicted octanol–water partition coefficient (Wildman–Crippen LogP) is 2.90. The summed E-state index contributed by atoms with van der Waals surface area (Å²) in [5.74, 6) is 0.842. The molecule has 31 heavy (non-hydrogen) atoms. The minimum Gasteiger partial charge on any atom is -0.354 e. The molecule has 0 atom stereocenters. The molecule has 4 aromatic rings. The van der Waals surface area contributed by atoms with Crippen LogP contribution < -0.4 is 16.2 Å². The van der Waals surface area contributed by atoms with Gasteiger partial charge in [0, 0.05) is 24.4 Å². The van der Waals surface area contributed by atoms with Crippen LogP contribution in [0.5, 0.6) is 0 Å². The zero-order valence-electron chi connectivity index (χ0n) is 16.8. The number of benzene rings is 1. The molecule has 10 nitrogen and oxygen atoms in total. The van der Waals surface area contributed by atoms with Crippen LogP contribution in [-0.2, 0) is 16.9 Å². The molecule has 0 bridgehead atoms. The fourth-order valence-corrected chi connectivity index (χ4v) is 4.13. The van der Waals surface area contributed by atoms with Crippen LogP contribution in [0.1, 0.15) is 5.69 Å². The molecule has 3 aromatic heterocycles. The van der Waals surface area contributed by atoms with Gasteiger partial charge in [0.1, 0.15) is 11.2 Å². The number of pyridine rings is 1. The van der Waals surface area contributed by atoms with E-state index in [9.17, 15) is 13.2 Å². The monoisotopic (exact) mass is 459 g/mol. The number of rotatable bonds is 5. The topological polar surface area (TPSA) is 135 Å². The zero-order valence-corrected chi connectivity index (χ0v) is 18.3. The molecule has 0 aliphatic carbocycles. The summed E-state index contributed by atoms with van der Waals surface area (Å²) < 4.78 is 25.8. The van der Waals surface area contributed by atoms with E-state index in [1.165, 1.54) is 10.7 Å². The van der Waals surface area contributed by atoms with Crippen molar-refractivity contribution < 1.29 is 8.42 Å². The summed E-state index contributed by atoms with van der Waals surface area (Å²) in [6.45, 7) is 1.82. The van der Waals surface area contributed by atoms with E-state index in [0.717, 1.165) is 11.9 Å². The Morgan fingerprint density at radius 2 is 1.81 bits per heavy atom. The molecule has 4 rings (SSSR count). The number of aryl methyl sites for hydroxylation is 2. The second kappa shape index (κ2) is 7.67. The smallest absolute Gasteiger partial charge is 0.277 e. The van der Waals surface area contributed by atoms with Gasteiger partial charge in [-0.3, -0.25) is 14.6 Å². The molecule has 0 unspecified atom stereocenters. The van der Waals surface area contributed by atoms with Crippen molar-refractivity contribution in [1.82, 2.24) is 25.0 Å². The Hall–Kier alpha value is -3.44. The van der Waals surface area contributed by atoms with Gasteiger partial charge in [0.2, 0.25) is 0 Å². The lowest BCUT2D eigenvalue weighted by molar-refractivity contribution is 0.602. The fraction of sp³-hybridized carbons (Fsp3) is 0.158. The maximum atomic E-state index is 12.7. The first-order chi connectivity index (χ1) is 14.6. The van der Waals surface area contributed by atoms with Crippen molar-refractivity contribution in [2.45, 2.75) is 11.8 Å². The number of hydrogen-bond acceptors (Lipinski definition) is 8. The average molecular weight is 460 g/mol. The lowest BCUT2D eigenvalue weighted by Crippen LogP contribution is -2.12. The number of aromatic amines is 1. The summed E-state index contributed by atoms with van der Waals surface area (Å²) in [5.41, 5.74) is 1.40. The third-order valence-electron chi connectivity index (χ3n) is 4.48. The lowest BCUT2D eigenvalue weighted by atomic mass is 10.2. The summed E-state index contributed by atoms with van der Waals surface area (Å²) in [7, 11) is -2.02. The van der Waals surface area contributed by atoms with E-state index in [4.69, 9.17) is 11.6 Å². The first kappa shape index (κ1) is 20.8. The van der Waals surface area contributed by atoms with Crippen LogP contribution in [0.25, 0.3) is 11.0 Å². The van der Waals surface area contributed by atoms with Crippen molar-refractivity contribution in [1.29, 1.82) is 0 Å². The number of nitrogens with zero attached hydrogens (tertiary/aromatic N) is 4.